The van der Waals surface area contributed by atoms with E-state index in [0.717, 1.165) is 50.2 Å². The fourth-order valence-electron chi connectivity index (χ4n) is 3.82. The van der Waals surface area contributed by atoms with Gasteiger partial charge in [-0.25, -0.2) is 8.42 Å². The summed E-state index contributed by atoms with van der Waals surface area (Å²) in [6.07, 6.45) is 5.10. The zero-order valence-corrected chi connectivity index (χ0v) is 16.5. The molecule has 1 aromatic heterocycles. The van der Waals surface area contributed by atoms with Gasteiger partial charge in [0.05, 0.1) is 36.8 Å². The van der Waals surface area contributed by atoms with Crippen LogP contribution >= 0.6 is 0 Å². The van der Waals surface area contributed by atoms with Crippen molar-refractivity contribution in [3.63, 3.8) is 0 Å². The summed E-state index contributed by atoms with van der Waals surface area (Å²) < 4.78 is 27.0. The molecule has 1 aromatic rings. The average Bonchev–Trinajstić information content (AvgIpc) is 3.19. The maximum atomic E-state index is 12.5. The molecule has 2 aliphatic rings. The van der Waals surface area contributed by atoms with Gasteiger partial charge in [-0.15, -0.1) is 0 Å². The highest BCUT2D eigenvalue weighted by Gasteiger charge is 2.27. The molecule has 0 aromatic carbocycles. The summed E-state index contributed by atoms with van der Waals surface area (Å²) in [5, 5.41) is 7.55. The number of amides is 1. The van der Waals surface area contributed by atoms with Gasteiger partial charge in [-0.1, -0.05) is 6.92 Å². The lowest BCUT2D eigenvalue weighted by atomic mass is 10.2. The largest absolute Gasteiger partial charge is 0.349 e. The van der Waals surface area contributed by atoms with E-state index in [-0.39, 0.29) is 11.9 Å². The van der Waals surface area contributed by atoms with E-state index in [9.17, 15) is 13.2 Å². The molecular weight excluding hydrogens is 354 g/mol. The second-order valence-electron chi connectivity index (χ2n) is 7.19. The van der Waals surface area contributed by atoms with Gasteiger partial charge in [-0.2, -0.15) is 9.40 Å². The van der Waals surface area contributed by atoms with E-state index in [1.54, 1.807) is 0 Å². The topological polar surface area (TPSA) is 87.5 Å². The van der Waals surface area contributed by atoms with Crippen LogP contribution in [0.1, 0.15) is 44.0 Å². The van der Waals surface area contributed by atoms with Crippen molar-refractivity contribution < 1.29 is 13.2 Å². The van der Waals surface area contributed by atoms with Crippen LogP contribution in [0.15, 0.2) is 6.07 Å². The third-order valence-corrected chi connectivity index (χ3v) is 6.46. The first-order valence-electron chi connectivity index (χ1n) is 9.41. The monoisotopic (exact) mass is 383 g/mol. The third-order valence-electron chi connectivity index (χ3n) is 5.21. The van der Waals surface area contributed by atoms with Crippen LogP contribution in [0, 0.1) is 0 Å². The van der Waals surface area contributed by atoms with Crippen LogP contribution in [0.4, 0.5) is 0 Å². The van der Waals surface area contributed by atoms with Crippen LogP contribution < -0.4 is 5.32 Å². The van der Waals surface area contributed by atoms with Crippen molar-refractivity contribution in [2.75, 3.05) is 25.9 Å². The summed E-state index contributed by atoms with van der Waals surface area (Å²) in [4.78, 5) is 14.8. The Labute approximate surface area is 155 Å². The van der Waals surface area contributed by atoms with E-state index in [0.29, 0.717) is 26.2 Å². The molecule has 1 amide bonds. The van der Waals surface area contributed by atoms with Gasteiger partial charge in [0.25, 0.3) is 0 Å². The van der Waals surface area contributed by atoms with E-state index in [1.165, 1.54) is 10.6 Å². The summed E-state index contributed by atoms with van der Waals surface area (Å²) in [6.45, 7) is 5.95. The summed E-state index contributed by atoms with van der Waals surface area (Å²) >= 11 is 0. The van der Waals surface area contributed by atoms with E-state index < -0.39 is 10.0 Å². The molecule has 1 atom stereocenters. The summed E-state index contributed by atoms with van der Waals surface area (Å²) in [7, 11) is -3.22. The van der Waals surface area contributed by atoms with Crippen molar-refractivity contribution in [3.05, 3.63) is 17.5 Å². The Hall–Kier alpha value is -1.45. The number of rotatable bonds is 6. The number of nitrogens with zero attached hydrogens (tertiary/aromatic N) is 4. The van der Waals surface area contributed by atoms with Crippen molar-refractivity contribution in [1.29, 1.82) is 0 Å². The van der Waals surface area contributed by atoms with Gasteiger partial charge in [-0.05, 0) is 44.8 Å². The van der Waals surface area contributed by atoms with Gasteiger partial charge in [0, 0.05) is 13.1 Å². The molecule has 0 aliphatic carbocycles. The van der Waals surface area contributed by atoms with Crippen LogP contribution in [0.5, 0.6) is 0 Å². The second kappa shape index (κ2) is 8.06. The molecule has 1 N–H and O–H groups in total. The highest BCUT2D eigenvalue weighted by molar-refractivity contribution is 7.88. The van der Waals surface area contributed by atoms with E-state index in [1.807, 2.05) is 17.7 Å². The Morgan fingerprint density at radius 1 is 1.23 bits per heavy atom. The fourth-order valence-corrected chi connectivity index (χ4v) is 4.65. The maximum absolute atomic E-state index is 12.5. The first kappa shape index (κ1) is 19.3. The van der Waals surface area contributed by atoms with E-state index in [2.05, 4.69) is 15.3 Å². The minimum Gasteiger partial charge on any atom is -0.349 e. The number of hydrogen-bond acceptors (Lipinski definition) is 5. The molecule has 146 valence electrons. The van der Waals surface area contributed by atoms with Crippen LogP contribution in [0.3, 0.4) is 0 Å². The SMILES string of the molecule is CCC(C(=O)NCc1cc2n(n1)CCCN(S(C)(=O)=O)C2)N1CCCC1. The zero-order chi connectivity index (χ0) is 18.7. The fraction of sp³-hybridized carbons (Fsp3) is 0.765. The van der Waals surface area contributed by atoms with Gasteiger partial charge >= 0.3 is 0 Å². The summed E-state index contributed by atoms with van der Waals surface area (Å²) in [5.41, 5.74) is 1.66. The molecule has 1 saturated heterocycles. The molecule has 1 fully saturated rings. The van der Waals surface area contributed by atoms with Gasteiger partial charge in [0.15, 0.2) is 0 Å². The van der Waals surface area contributed by atoms with Crippen LogP contribution in [0.25, 0.3) is 0 Å². The van der Waals surface area contributed by atoms with Crippen LogP contribution in [0.2, 0.25) is 0 Å². The van der Waals surface area contributed by atoms with Crippen molar-refractivity contribution in [3.8, 4) is 0 Å². The number of nitrogens with one attached hydrogen (secondary N) is 1. The lowest BCUT2D eigenvalue weighted by Gasteiger charge is -2.25. The predicted molar refractivity (Wildman–Crippen MR) is 98.8 cm³/mol. The average molecular weight is 384 g/mol. The minimum absolute atomic E-state index is 0.0513. The van der Waals surface area contributed by atoms with Gasteiger partial charge in [0.1, 0.15) is 0 Å². The molecule has 8 nitrogen and oxygen atoms in total. The number of fused-ring (bicyclic) bond motifs is 1. The Kier molecular flexibility index (Phi) is 5.99. The van der Waals surface area contributed by atoms with E-state index >= 15 is 0 Å². The normalized spacial score (nSPS) is 20.5. The second-order valence-corrected chi connectivity index (χ2v) is 9.17. The molecular formula is C17H29N5O3S. The highest BCUT2D eigenvalue weighted by atomic mass is 32.2. The predicted octanol–water partition coefficient (Wildman–Crippen LogP) is 0.539. The Morgan fingerprint density at radius 2 is 1.96 bits per heavy atom. The number of likely N-dealkylation sites (tertiary alicyclic amines) is 1. The van der Waals surface area contributed by atoms with Crippen LogP contribution in [-0.4, -0.2) is 65.2 Å². The summed E-state index contributed by atoms with van der Waals surface area (Å²) in [5.74, 6) is 0.0513. The van der Waals surface area contributed by atoms with Gasteiger partial charge in [0.2, 0.25) is 15.9 Å². The molecule has 3 heterocycles. The quantitative estimate of drug-likeness (QED) is 0.775. The molecule has 0 radical (unpaired) electrons. The molecule has 3 rings (SSSR count). The third kappa shape index (κ3) is 4.44. The van der Waals surface area contributed by atoms with Crippen molar-refractivity contribution in [1.82, 2.24) is 24.3 Å². The molecule has 0 bridgehead atoms. The molecule has 1 unspecified atom stereocenters. The van der Waals surface area contributed by atoms with Crippen LogP contribution in [-0.2, 0) is 34.5 Å². The standard InChI is InChI=1S/C17H29N5O3S/c1-3-16(20-7-4-5-8-20)17(23)18-12-14-11-15-13-21(26(2,24)25)9-6-10-22(15)19-14/h11,16H,3-10,12-13H2,1-2H3,(H,18,23). The van der Waals surface area contributed by atoms with Gasteiger partial charge in [-0.3, -0.25) is 14.4 Å². The van der Waals surface area contributed by atoms with Crippen molar-refractivity contribution >= 4 is 15.9 Å². The zero-order valence-electron chi connectivity index (χ0n) is 15.6. The van der Waals surface area contributed by atoms with E-state index in [4.69, 9.17) is 0 Å². The lowest BCUT2D eigenvalue weighted by molar-refractivity contribution is -0.126. The Balaban J connectivity index is 1.62. The number of carbonyl (C=O) groups is 1. The number of hydrogen-bond donors (Lipinski definition) is 1. The van der Waals surface area contributed by atoms with Crippen molar-refractivity contribution in [2.45, 2.75) is 58.3 Å². The minimum atomic E-state index is -3.22. The molecule has 26 heavy (non-hydrogen) atoms. The maximum Gasteiger partial charge on any atom is 0.237 e. The number of aryl methyl sites for hydroxylation is 1. The number of aromatic nitrogens is 2. The number of sulfonamides is 1. The Bertz CT molecular complexity index is 740. The lowest BCUT2D eigenvalue weighted by Crippen LogP contribution is -2.45. The molecule has 0 saturated carbocycles. The smallest absolute Gasteiger partial charge is 0.237 e. The highest BCUT2D eigenvalue weighted by Crippen LogP contribution is 2.17. The molecule has 2 aliphatic heterocycles. The first-order chi connectivity index (χ1) is 12.4. The van der Waals surface area contributed by atoms with Gasteiger partial charge < -0.3 is 5.32 Å². The molecule has 9 heteroatoms. The number of carbonyl (C=O) groups excluding carboxylic acids is 1. The molecule has 0 spiro atoms. The van der Waals surface area contributed by atoms with Crippen molar-refractivity contribution in [2.24, 2.45) is 0 Å². The first-order valence-corrected chi connectivity index (χ1v) is 11.3. The summed E-state index contributed by atoms with van der Waals surface area (Å²) in [6, 6.07) is 1.83. The Morgan fingerprint density at radius 3 is 2.62 bits per heavy atom.